The molecule has 2 fully saturated rings. The molecule has 2 aliphatic heterocycles. The summed E-state index contributed by atoms with van der Waals surface area (Å²) < 4.78 is 13.1. The van der Waals surface area contributed by atoms with Crippen LogP contribution in [0.25, 0.3) is 0 Å². The Kier molecular flexibility index (Phi) is 13.2. The first-order chi connectivity index (χ1) is 25.4. The molecule has 52 heavy (non-hydrogen) atoms. The first kappa shape index (κ1) is 36.9. The number of ether oxygens (including phenoxy) is 2. The smallest absolute Gasteiger partial charge is 0.225 e. The second kappa shape index (κ2) is 18.6. The fraction of sp³-hybridized carbons (Fsp3) is 0.400. The number of anilines is 3. The van der Waals surface area contributed by atoms with Crippen LogP contribution in [0.4, 0.5) is 17.3 Å². The summed E-state index contributed by atoms with van der Waals surface area (Å²) in [6.07, 6.45) is 6.52. The van der Waals surface area contributed by atoms with Crippen LogP contribution in [0.5, 0.6) is 0 Å². The maximum atomic E-state index is 12.5. The van der Waals surface area contributed by atoms with Gasteiger partial charge < -0.3 is 35.8 Å². The highest BCUT2D eigenvalue weighted by Gasteiger charge is 2.34. The lowest BCUT2D eigenvalue weighted by atomic mass is 9.99. The van der Waals surface area contributed by atoms with E-state index in [9.17, 15) is 14.7 Å². The zero-order valence-corrected chi connectivity index (χ0v) is 29.5. The first-order valence-electron chi connectivity index (χ1n) is 18.2. The number of benzene rings is 3. The van der Waals surface area contributed by atoms with Crippen molar-refractivity contribution in [2.45, 2.75) is 70.2 Å². The molecule has 2 amide bonds. The summed E-state index contributed by atoms with van der Waals surface area (Å²) in [5.74, 6) is 0.675. The molecule has 1 aromatic heterocycles. The predicted octanol–water partition coefficient (Wildman–Crippen LogP) is 5.12. The van der Waals surface area contributed by atoms with Gasteiger partial charge in [0.2, 0.25) is 17.8 Å². The number of aliphatic hydroxyl groups excluding tert-OH is 1. The number of hydrogen-bond donors (Lipinski definition) is 4. The molecule has 2 saturated heterocycles. The predicted molar refractivity (Wildman–Crippen MR) is 200 cm³/mol. The normalized spacial score (nSPS) is 19.2. The van der Waals surface area contributed by atoms with E-state index in [1.54, 1.807) is 24.5 Å². The summed E-state index contributed by atoms with van der Waals surface area (Å²) in [6, 6.07) is 25.0. The number of nitrogens with one attached hydrogen (secondary N) is 2. The van der Waals surface area contributed by atoms with Gasteiger partial charge in [-0.05, 0) is 47.7 Å². The quantitative estimate of drug-likeness (QED) is 0.0967. The molecular weight excluding hydrogens is 658 g/mol. The van der Waals surface area contributed by atoms with Gasteiger partial charge in [0.1, 0.15) is 0 Å². The van der Waals surface area contributed by atoms with Gasteiger partial charge in [0.25, 0.3) is 0 Å². The number of amides is 2. The Balaban J connectivity index is 0.970. The van der Waals surface area contributed by atoms with E-state index in [0.717, 1.165) is 73.8 Å². The minimum absolute atomic E-state index is 0.000819. The Hall–Kier alpha value is -4.88. The number of nitrogen functional groups attached to an aromatic ring is 1. The lowest BCUT2D eigenvalue weighted by molar-refractivity contribution is -0.253. The van der Waals surface area contributed by atoms with Gasteiger partial charge in [0.05, 0.1) is 30.2 Å². The van der Waals surface area contributed by atoms with Crippen molar-refractivity contribution in [1.29, 1.82) is 0 Å². The molecule has 3 heterocycles. The van der Waals surface area contributed by atoms with Gasteiger partial charge in [-0.1, -0.05) is 67.1 Å². The number of piperazine rings is 1. The molecule has 0 aliphatic carbocycles. The molecule has 0 bridgehead atoms. The van der Waals surface area contributed by atoms with E-state index in [4.69, 9.17) is 15.2 Å². The van der Waals surface area contributed by atoms with Gasteiger partial charge in [-0.25, -0.2) is 9.97 Å². The third-order valence-electron chi connectivity index (χ3n) is 9.57. The topological polar surface area (TPSA) is 155 Å². The SMILES string of the molecule is Nc1ccccc1NC(=O)CCCCCC(=O)NCc1ccc([C@H]2O[C@@H](CN3CCN(c4ncccn4)CC3)C[C@@H](c3ccc(CO)cc3)O2)cc1. The first-order valence-corrected chi connectivity index (χ1v) is 18.2. The molecule has 274 valence electrons. The lowest BCUT2D eigenvalue weighted by Gasteiger charge is -2.40. The standard InChI is InChI=1S/C40H49N7O5/c41-34-7-4-5-8-35(34)45-38(50)10-3-1-2-9-37(49)44-26-29-11-17-32(18-12-29)39-51-33(25-36(52-39)31-15-13-30(28-48)14-16-31)27-46-21-23-47(24-22-46)40-42-19-6-20-43-40/h4-8,11-20,33,36,39,48H,1-3,9-10,21-28,41H2,(H,44,49)(H,45,50)/t33-,36+,39+/m1/s1. The Labute approximate surface area is 305 Å². The van der Waals surface area contributed by atoms with Crippen LogP contribution in [-0.4, -0.2) is 70.6 Å². The Morgan fingerprint density at radius 2 is 1.46 bits per heavy atom. The zero-order valence-electron chi connectivity index (χ0n) is 29.5. The zero-order chi connectivity index (χ0) is 36.1. The number of carbonyl (C=O) groups excluding carboxylic acids is 2. The summed E-state index contributed by atoms with van der Waals surface area (Å²) in [6.45, 7) is 4.70. The van der Waals surface area contributed by atoms with Gasteiger partial charge in [-0.15, -0.1) is 0 Å². The van der Waals surface area contributed by atoms with Crippen molar-refractivity contribution >= 4 is 29.1 Å². The van der Waals surface area contributed by atoms with Crippen molar-refractivity contribution in [3.63, 3.8) is 0 Å². The Bertz CT molecular complexity index is 1720. The molecule has 0 radical (unpaired) electrons. The summed E-state index contributed by atoms with van der Waals surface area (Å²) in [5.41, 5.74) is 10.9. The van der Waals surface area contributed by atoms with Gasteiger partial charge in [-0.2, -0.15) is 0 Å². The van der Waals surface area contributed by atoms with E-state index in [0.29, 0.717) is 43.6 Å². The molecule has 5 N–H and O–H groups in total. The number of carbonyl (C=O) groups is 2. The van der Waals surface area contributed by atoms with Crippen molar-refractivity contribution in [3.8, 4) is 0 Å². The summed E-state index contributed by atoms with van der Waals surface area (Å²) in [4.78, 5) is 38.2. The molecule has 3 atom stereocenters. The molecule has 0 unspecified atom stereocenters. The van der Waals surface area contributed by atoms with E-state index in [2.05, 4.69) is 30.4 Å². The number of rotatable bonds is 15. The molecule has 0 saturated carbocycles. The lowest BCUT2D eigenvalue weighted by Crippen LogP contribution is -2.50. The highest BCUT2D eigenvalue weighted by Crippen LogP contribution is 2.38. The maximum absolute atomic E-state index is 12.5. The minimum Gasteiger partial charge on any atom is -0.397 e. The highest BCUT2D eigenvalue weighted by molar-refractivity contribution is 5.93. The number of unbranched alkanes of at least 4 members (excludes halogenated alkanes) is 2. The average molecular weight is 708 g/mol. The van der Waals surface area contributed by atoms with Crippen molar-refractivity contribution in [2.24, 2.45) is 0 Å². The van der Waals surface area contributed by atoms with Crippen molar-refractivity contribution in [1.82, 2.24) is 20.2 Å². The third kappa shape index (κ3) is 10.6. The van der Waals surface area contributed by atoms with E-state index in [1.165, 1.54) is 0 Å². The van der Waals surface area contributed by atoms with E-state index in [1.807, 2.05) is 66.7 Å². The number of aliphatic hydroxyl groups is 1. The second-order valence-corrected chi connectivity index (χ2v) is 13.4. The second-order valence-electron chi connectivity index (χ2n) is 13.4. The Morgan fingerprint density at radius 3 is 2.17 bits per heavy atom. The van der Waals surface area contributed by atoms with E-state index >= 15 is 0 Å². The largest absolute Gasteiger partial charge is 0.397 e. The monoisotopic (exact) mass is 707 g/mol. The van der Waals surface area contributed by atoms with Crippen molar-refractivity contribution in [3.05, 3.63) is 114 Å². The van der Waals surface area contributed by atoms with Crippen LogP contribution in [0.3, 0.4) is 0 Å². The van der Waals surface area contributed by atoms with Crippen molar-refractivity contribution < 1.29 is 24.2 Å². The number of hydrogen-bond acceptors (Lipinski definition) is 10. The fourth-order valence-corrected chi connectivity index (χ4v) is 6.56. The van der Waals surface area contributed by atoms with Gasteiger partial charge in [-0.3, -0.25) is 14.5 Å². The number of aromatic nitrogens is 2. The molecule has 3 aromatic carbocycles. The van der Waals surface area contributed by atoms with Crippen LogP contribution in [0.2, 0.25) is 0 Å². The molecule has 0 spiro atoms. The van der Waals surface area contributed by atoms with Gasteiger partial charge in [0.15, 0.2) is 6.29 Å². The highest BCUT2D eigenvalue weighted by atomic mass is 16.7. The fourth-order valence-electron chi connectivity index (χ4n) is 6.56. The van der Waals surface area contributed by atoms with Gasteiger partial charge in [0, 0.05) is 76.5 Å². The van der Waals surface area contributed by atoms with E-state index < -0.39 is 6.29 Å². The number of nitrogens with zero attached hydrogens (tertiary/aromatic N) is 4. The minimum atomic E-state index is -0.545. The van der Waals surface area contributed by atoms with Crippen LogP contribution >= 0.6 is 0 Å². The van der Waals surface area contributed by atoms with Crippen LogP contribution < -0.4 is 21.3 Å². The Morgan fingerprint density at radius 1 is 0.788 bits per heavy atom. The molecule has 2 aliphatic rings. The number of para-hydroxylation sites is 2. The van der Waals surface area contributed by atoms with Crippen LogP contribution in [0.15, 0.2) is 91.3 Å². The summed E-state index contributed by atoms with van der Waals surface area (Å²) >= 11 is 0. The molecule has 4 aromatic rings. The van der Waals surface area contributed by atoms with E-state index in [-0.39, 0.29) is 30.6 Å². The van der Waals surface area contributed by atoms with Crippen LogP contribution in [0, 0.1) is 0 Å². The third-order valence-corrected chi connectivity index (χ3v) is 9.57. The molecular formula is C40H49N7O5. The van der Waals surface area contributed by atoms with Crippen LogP contribution in [-0.2, 0) is 32.2 Å². The maximum Gasteiger partial charge on any atom is 0.225 e. The van der Waals surface area contributed by atoms with Gasteiger partial charge >= 0.3 is 0 Å². The molecule has 12 nitrogen and oxygen atoms in total. The van der Waals surface area contributed by atoms with Crippen LogP contribution in [0.1, 0.15) is 73.2 Å². The summed E-state index contributed by atoms with van der Waals surface area (Å²) in [5, 5.41) is 15.4. The molecule has 12 heteroatoms. The van der Waals surface area contributed by atoms with Crippen molar-refractivity contribution in [2.75, 3.05) is 48.7 Å². The summed E-state index contributed by atoms with van der Waals surface area (Å²) in [7, 11) is 0. The average Bonchev–Trinajstić information content (AvgIpc) is 3.18. The molecule has 6 rings (SSSR count). The number of nitrogens with two attached hydrogens (primary N) is 1.